The second-order valence-electron chi connectivity index (χ2n) is 9.69. The van der Waals surface area contributed by atoms with Crippen molar-refractivity contribution in [3.63, 3.8) is 0 Å². The van der Waals surface area contributed by atoms with Gasteiger partial charge < -0.3 is 24.6 Å². The molecule has 13 heteroatoms. The van der Waals surface area contributed by atoms with Crippen LogP contribution in [0.3, 0.4) is 0 Å². The van der Waals surface area contributed by atoms with E-state index in [1.54, 1.807) is 12.5 Å². The molecule has 1 fully saturated rings. The van der Waals surface area contributed by atoms with E-state index >= 15 is 4.39 Å². The lowest BCUT2D eigenvalue weighted by molar-refractivity contribution is -0.0497. The van der Waals surface area contributed by atoms with E-state index in [2.05, 4.69) is 40.8 Å². The molecule has 180 valence electrons. The summed E-state index contributed by atoms with van der Waals surface area (Å²) >= 11 is 1.32. The molecule has 0 aliphatic carbocycles. The number of halogens is 1. The highest BCUT2D eigenvalue weighted by atomic mass is 32.2. The number of fused-ring (bicyclic) bond motifs is 1. The number of ether oxygens (including phenoxy) is 1. The van der Waals surface area contributed by atoms with E-state index in [1.807, 2.05) is 24.7 Å². The monoisotopic (exact) mass is 495 g/mol. The molecule has 3 N–H and O–H groups in total. The summed E-state index contributed by atoms with van der Waals surface area (Å²) in [5, 5.41) is 16.3. The predicted molar refractivity (Wildman–Crippen MR) is 125 cm³/mol. The molecule has 3 aromatic heterocycles. The molecule has 0 aromatic carbocycles. The first-order chi connectivity index (χ1) is 15.4. The smallest absolute Gasteiger partial charge is 0.192 e. The number of aromatic nitrogens is 6. The molecule has 4 heterocycles. The minimum absolute atomic E-state index is 0.127. The molecular formula is C20H30FN7O3SSi. The number of nitrogens with two attached hydrogens (primary N) is 1. The molecule has 1 unspecified atom stereocenters. The zero-order chi connectivity index (χ0) is 24.1. The number of aliphatic hydroxyl groups is 1. The van der Waals surface area contributed by atoms with Crippen molar-refractivity contribution in [1.82, 2.24) is 29.3 Å². The Labute approximate surface area is 196 Å². The van der Waals surface area contributed by atoms with Gasteiger partial charge in [0.25, 0.3) is 0 Å². The van der Waals surface area contributed by atoms with Crippen LogP contribution in [0, 0.1) is 0 Å². The molecule has 33 heavy (non-hydrogen) atoms. The van der Waals surface area contributed by atoms with E-state index in [1.165, 1.54) is 22.8 Å². The zero-order valence-electron chi connectivity index (χ0n) is 19.6. The lowest BCUT2D eigenvalue weighted by Crippen LogP contribution is -2.49. The number of alkyl halides is 1. The van der Waals surface area contributed by atoms with Gasteiger partial charge in [-0.2, -0.15) is 5.10 Å². The van der Waals surface area contributed by atoms with Crippen LogP contribution >= 0.6 is 11.8 Å². The number of nitrogens with zero attached hydrogens (tertiary/aromatic N) is 6. The van der Waals surface area contributed by atoms with Gasteiger partial charge in [0.15, 0.2) is 26.4 Å². The Morgan fingerprint density at radius 2 is 2.06 bits per heavy atom. The van der Waals surface area contributed by atoms with Crippen molar-refractivity contribution in [2.75, 3.05) is 12.3 Å². The Morgan fingerprint density at radius 3 is 2.67 bits per heavy atom. The van der Waals surface area contributed by atoms with Crippen molar-refractivity contribution in [2.24, 2.45) is 7.05 Å². The Morgan fingerprint density at radius 1 is 1.33 bits per heavy atom. The first-order valence-electron chi connectivity index (χ1n) is 10.7. The van der Waals surface area contributed by atoms with Gasteiger partial charge in [0.1, 0.15) is 34.4 Å². The molecule has 0 spiro atoms. The summed E-state index contributed by atoms with van der Waals surface area (Å²) in [5.41, 5.74) is 6.50. The van der Waals surface area contributed by atoms with E-state index in [4.69, 9.17) is 14.9 Å². The van der Waals surface area contributed by atoms with Crippen LogP contribution in [0.15, 0.2) is 28.9 Å². The van der Waals surface area contributed by atoms with Gasteiger partial charge in [-0.05, 0) is 29.9 Å². The molecule has 0 amide bonds. The van der Waals surface area contributed by atoms with Crippen LogP contribution in [0.5, 0.6) is 0 Å². The third-order valence-electron chi connectivity index (χ3n) is 6.38. The number of aliphatic hydroxyl groups excluding tert-OH is 1. The van der Waals surface area contributed by atoms with Crippen LogP contribution in [-0.2, 0) is 16.2 Å². The van der Waals surface area contributed by atoms with E-state index in [0.717, 1.165) is 5.03 Å². The van der Waals surface area contributed by atoms with Gasteiger partial charge in [0, 0.05) is 7.05 Å². The summed E-state index contributed by atoms with van der Waals surface area (Å²) < 4.78 is 31.4. The zero-order valence-corrected chi connectivity index (χ0v) is 21.4. The van der Waals surface area contributed by atoms with Gasteiger partial charge in [-0.1, -0.05) is 20.8 Å². The van der Waals surface area contributed by atoms with Crippen LogP contribution in [0.4, 0.5) is 10.2 Å². The average molecular weight is 496 g/mol. The van der Waals surface area contributed by atoms with Crippen LogP contribution < -0.4 is 5.73 Å². The highest BCUT2D eigenvalue weighted by molar-refractivity contribution is 7.99. The normalized spacial score (nSPS) is 24.1. The number of nitrogen functional groups attached to an aromatic ring is 1. The van der Waals surface area contributed by atoms with Crippen molar-refractivity contribution < 1.29 is 18.7 Å². The summed E-state index contributed by atoms with van der Waals surface area (Å²) in [6.45, 7) is 9.95. The van der Waals surface area contributed by atoms with Crippen molar-refractivity contribution in [3.05, 3.63) is 18.9 Å². The Hall–Kier alpha value is -2.06. The van der Waals surface area contributed by atoms with Crippen molar-refractivity contribution >= 4 is 36.9 Å². The first kappa shape index (κ1) is 24.1. The second-order valence-corrected chi connectivity index (χ2v) is 15.5. The van der Waals surface area contributed by atoms with Gasteiger partial charge in [0.05, 0.1) is 24.5 Å². The highest BCUT2D eigenvalue weighted by Gasteiger charge is 2.52. The van der Waals surface area contributed by atoms with Gasteiger partial charge >= 0.3 is 0 Å². The minimum atomic E-state index is -2.33. The van der Waals surface area contributed by atoms with Gasteiger partial charge in [-0.15, -0.1) is 0 Å². The summed E-state index contributed by atoms with van der Waals surface area (Å²) in [5.74, 6) is 0.233. The fraction of sp³-hybridized carbons (Fsp3) is 0.600. The molecule has 10 nitrogen and oxygen atoms in total. The van der Waals surface area contributed by atoms with E-state index in [9.17, 15) is 5.11 Å². The number of anilines is 1. The molecular weight excluding hydrogens is 465 g/mol. The van der Waals surface area contributed by atoms with Crippen molar-refractivity contribution in [3.8, 4) is 0 Å². The summed E-state index contributed by atoms with van der Waals surface area (Å²) in [6.07, 6.45) is 0.236. The Balaban J connectivity index is 1.73. The van der Waals surface area contributed by atoms with Crippen LogP contribution in [0.2, 0.25) is 18.1 Å². The van der Waals surface area contributed by atoms with E-state index in [0.29, 0.717) is 16.1 Å². The quantitative estimate of drug-likeness (QED) is 0.496. The molecule has 1 aliphatic heterocycles. The molecule has 0 saturated carbocycles. The summed E-state index contributed by atoms with van der Waals surface area (Å²) in [7, 11) is -0.466. The predicted octanol–water partition coefficient (Wildman–Crippen LogP) is 2.91. The fourth-order valence-electron chi connectivity index (χ4n) is 3.45. The third kappa shape index (κ3) is 4.27. The molecule has 1 saturated heterocycles. The van der Waals surface area contributed by atoms with Crippen molar-refractivity contribution in [2.45, 2.75) is 73.6 Å². The number of hydrogen-bond acceptors (Lipinski definition) is 9. The molecule has 4 atom stereocenters. The Kier molecular flexibility index (Phi) is 6.29. The maximum atomic E-state index is 15.9. The van der Waals surface area contributed by atoms with Crippen molar-refractivity contribution in [1.29, 1.82) is 0 Å². The number of aryl methyl sites for hydroxylation is 1. The van der Waals surface area contributed by atoms with Crippen LogP contribution in [0.1, 0.15) is 27.0 Å². The average Bonchev–Trinajstić information content (AvgIpc) is 3.39. The molecule has 3 aromatic rings. The lowest BCUT2D eigenvalue weighted by Gasteiger charge is -2.39. The summed E-state index contributed by atoms with van der Waals surface area (Å²) in [4.78, 5) is 12.5. The highest BCUT2D eigenvalue weighted by Crippen LogP contribution is 2.43. The maximum Gasteiger partial charge on any atom is 0.192 e. The molecule has 0 radical (unpaired) electrons. The van der Waals surface area contributed by atoms with E-state index in [-0.39, 0.29) is 17.5 Å². The van der Waals surface area contributed by atoms with Gasteiger partial charge in [0.2, 0.25) is 0 Å². The van der Waals surface area contributed by atoms with E-state index < -0.39 is 32.9 Å². The SMILES string of the molecule is Cn1cncc1Sc1nn([C@@H]2O[C@H](CO)C(O[Si](C)(C)C(C)(C)C)[C@@H]2F)c2ncnc(N)c12. The van der Waals surface area contributed by atoms with Gasteiger partial charge in [-0.3, -0.25) is 0 Å². The van der Waals surface area contributed by atoms with Gasteiger partial charge in [-0.25, -0.2) is 24.0 Å². The molecule has 0 bridgehead atoms. The second kappa shape index (κ2) is 8.62. The lowest BCUT2D eigenvalue weighted by atomic mass is 10.1. The summed E-state index contributed by atoms with van der Waals surface area (Å²) in [6, 6.07) is 0. The minimum Gasteiger partial charge on any atom is -0.408 e. The largest absolute Gasteiger partial charge is 0.408 e. The molecule has 4 rings (SSSR count). The van der Waals surface area contributed by atoms with Crippen LogP contribution in [-0.4, -0.2) is 67.7 Å². The molecule has 1 aliphatic rings. The number of rotatable bonds is 6. The number of imidazole rings is 1. The topological polar surface area (TPSA) is 126 Å². The Bertz CT molecular complexity index is 1150. The third-order valence-corrected chi connectivity index (χ3v) is 11.9. The standard InChI is InChI=1S/C20H30FN7O3SSi/c1-20(2,3)33(5,6)31-15-11(8-29)30-19(14(15)21)28-17-13(16(22)24-9-25-17)18(26-28)32-12-7-23-10-27(12)4/h7,9-11,14-15,19,29H,8H2,1-6H3,(H2,22,24,25)/t11-,14+,15?,19-/m1/s1. The van der Waals surface area contributed by atoms with Crippen LogP contribution in [0.25, 0.3) is 11.0 Å². The maximum absolute atomic E-state index is 15.9. The fourth-order valence-corrected chi connectivity index (χ4v) is 5.70. The first-order valence-corrected chi connectivity index (χ1v) is 14.4. The number of hydrogen-bond donors (Lipinski definition) is 2.